The summed E-state index contributed by atoms with van der Waals surface area (Å²) in [6.45, 7) is 2.41. The average molecular weight is 314 g/mol. The lowest BCUT2D eigenvalue weighted by molar-refractivity contribution is 0.424. The maximum atomic E-state index is 3.55. The molecule has 1 N–H and O–H groups in total. The van der Waals surface area contributed by atoms with Gasteiger partial charge in [0.1, 0.15) is 0 Å². The first-order valence-electron chi connectivity index (χ1n) is 6.20. The van der Waals surface area contributed by atoms with E-state index in [2.05, 4.69) is 71.2 Å². The number of nitrogens with one attached hydrogen (secondary N) is 1. The minimum Gasteiger partial charge on any atom is -0.315 e. The fraction of sp³-hybridized carbons (Fsp3) is 0.571. The molecule has 1 saturated heterocycles. The van der Waals surface area contributed by atoms with Crippen LogP contribution >= 0.6 is 27.7 Å². The van der Waals surface area contributed by atoms with E-state index in [0.717, 1.165) is 6.42 Å². The van der Waals surface area contributed by atoms with Gasteiger partial charge in [0.15, 0.2) is 0 Å². The Hall–Kier alpha value is 0.01000. The lowest BCUT2D eigenvalue weighted by Gasteiger charge is -2.33. The highest BCUT2D eigenvalue weighted by molar-refractivity contribution is 9.10. The summed E-state index contributed by atoms with van der Waals surface area (Å²) in [5.74, 6) is 1.31. The molecule has 0 radical (unpaired) electrons. The van der Waals surface area contributed by atoms with Crippen molar-refractivity contribution in [3.63, 3.8) is 0 Å². The van der Waals surface area contributed by atoms with Gasteiger partial charge in [0.25, 0.3) is 0 Å². The predicted octanol–water partition coefficient (Wildman–Crippen LogP) is 3.87. The first kappa shape index (κ1) is 13.4. The molecule has 2 unspecified atom stereocenters. The molecule has 0 saturated carbocycles. The van der Waals surface area contributed by atoms with Gasteiger partial charge in [-0.3, -0.25) is 0 Å². The Kier molecular flexibility index (Phi) is 4.56. The molecule has 94 valence electrons. The highest BCUT2D eigenvalue weighted by Gasteiger charge is 2.36. The molecule has 1 fully saturated rings. The molecular formula is C14H20BrNS. The molecule has 2 rings (SSSR count). The lowest BCUT2D eigenvalue weighted by atomic mass is 9.91. The van der Waals surface area contributed by atoms with E-state index in [1.54, 1.807) is 0 Å². The van der Waals surface area contributed by atoms with Crippen LogP contribution in [0.5, 0.6) is 0 Å². The van der Waals surface area contributed by atoms with E-state index in [9.17, 15) is 0 Å². The molecule has 1 nitrogen and oxygen atoms in total. The van der Waals surface area contributed by atoms with E-state index >= 15 is 0 Å². The normalized spacial score (nSPS) is 26.1. The summed E-state index contributed by atoms with van der Waals surface area (Å²) < 4.78 is 1.57. The Balaban J connectivity index is 2.09. The second-order valence-corrected chi connectivity index (χ2v) is 7.49. The third-order valence-electron chi connectivity index (χ3n) is 3.66. The summed E-state index contributed by atoms with van der Waals surface area (Å²) >= 11 is 5.67. The minimum atomic E-state index is 0.400. The molecule has 0 bridgehead atoms. The van der Waals surface area contributed by atoms with Crippen LogP contribution < -0.4 is 5.32 Å². The van der Waals surface area contributed by atoms with Crippen LogP contribution in [-0.2, 0) is 6.42 Å². The van der Waals surface area contributed by atoms with Crippen molar-refractivity contribution in [3.8, 4) is 0 Å². The van der Waals surface area contributed by atoms with Gasteiger partial charge in [-0.05, 0) is 56.7 Å². The number of thioether (sulfide) groups is 1. The van der Waals surface area contributed by atoms with Crippen LogP contribution in [0.2, 0.25) is 0 Å². The second-order valence-electron chi connectivity index (χ2n) is 4.94. The standard InChI is InChI=1S/C14H20BrNS/c1-14(7-4-8-17-14)13(16-2)10-11-5-3-6-12(15)9-11/h3,5-6,9,13,16H,4,7-8,10H2,1-2H3. The van der Waals surface area contributed by atoms with Crippen molar-refractivity contribution in [3.05, 3.63) is 34.3 Å². The van der Waals surface area contributed by atoms with E-state index in [1.165, 1.54) is 28.6 Å². The van der Waals surface area contributed by atoms with Gasteiger partial charge in [-0.2, -0.15) is 11.8 Å². The van der Waals surface area contributed by atoms with Gasteiger partial charge in [0.05, 0.1) is 0 Å². The Morgan fingerprint density at radius 2 is 2.35 bits per heavy atom. The number of halogens is 1. The van der Waals surface area contributed by atoms with Crippen molar-refractivity contribution in [2.45, 2.75) is 37.0 Å². The number of hydrogen-bond donors (Lipinski definition) is 1. The zero-order valence-corrected chi connectivity index (χ0v) is 12.9. The van der Waals surface area contributed by atoms with Crippen LogP contribution in [0, 0.1) is 0 Å². The Morgan fingerprint density at radius 3 is 2.94 bits per heavy atom. The van der Waals surface area contributed by atoms with Crippen molar-refractivity contribution in [1.29, 1.82) is 0 Å². The minimum absolute atomic E-state index is 0.400. The maximum absolute atomic E-state index is 3.55. The molecule has 1 aliphatic rings. The molecule has 0 aliphatic carbocycles. The average Bonchev–Trinajstić information content (AvgIpc) is 2.74. The molecule has 1 heterocycles. The van der Waals surface area contributed by atoms with Gasteiger partial charge in [0, 0.05) is 15.3 Å². The fourth-order valence-corrected chi connectivity index (χ4v) is 4.49. The molecule has 1 aromatic rings. The first-order valence-corrected chi connectivity index (χ1v) is 7.97. The van der Waals surface area contributed by atoms with Crippen molar-refractivity contribution in [2.24, 2.45) is 0 Å². The molecule has 0 amide bonds. The van der Waals surface area contributed by atoms with Gasteiger partial charge >= 0.3 is 0 Å². The number of likely N-dealkylation sites (N-methyl/N-ethyl adjacent to an activating group) is 1. The summed E-state index contributed by atoms with van der Waals surface area (Å²) in [4.78, 5) is 0. The van der Waals surface area contributed by atoms with Crippen LogP contribution in [0.1, 0.15) is 25.3 Å². The molecular weight excluding hydrogens is 294 g/mol. The predicted molar refractivity (Wildman–Crippen MR) is 80.8 cm³/mol. The summed E-state index contributed by atoms with van der Waals surface area (Å²) in [6, 6.07) is 9.22. The number of benzene rings is 1. The molecule has 0 aromatic heterocycles. The third kappa shape index (κ3) is 3.27. The van der Waals surface area contributed by atoms with Crippen LogP contribution in [0.3, 0.4) is 0 Å². The fourth-order valence-electron chi connectivity index (χ4n) is 2.60. The highest BCUT2D eigenvalue weighted by atomic mass is 79.9. The topological polar surface area (TPSA) is 12.0 Å². The van der Waals surface area contributed by atoms with Gasteiger partial charge in [-0.1, -0.05) is 28.1 Å². The highest BCUT2D eigenvalue weighted by Crippen LogP contribution is 2.41. The summed E-state index contributed by atoms with van der Waals surface area (Å²) in [5.41, 5.74) is 1.41. The molecule has 17 heavy (non-hydrogen) atoms. The smallest absolute Gasteiger partial charge is 0.0288 e. The van der Waals surface area contributed by atoms with E-state index < -0.39 is 0 Å². The Labute approximate surface area is 117 Å². The van der Waals surface area contributed by atoms with Gasteiger partial charge in [-0.15, -0.1) is 0 Å². The van der Waals surface area contributed by atoms with Crippen molar-refractivity contribution in [1.82, 2.24) is 5.32 Å². The van der Waals surface area contributed by atoms with Gasteiger partial charge < -0.3 is 5.32 Å². The number of hydrogen-bond acceptors (Lipinski definition) is 2. The Bertz CT molecular complexity index is 374. The SMILES string of the molecule is CNC(Cc1cccc(Br)c1)C1(C)CCCS1. The van der Waals surface area contributed by atoms with E-state index in [4.69, 9.17) is 0 Å². The quantitative estimate of drug-likeness (QED) is 0.905. The monoisotopic (exact) mass is 313 g/mol. The van der Waals surface area contributed by atoms with Crippen molar-refractivity contribution >= 4 is 27.7 Å². The van der Waals surface area contributed by atoms with Gasteiger partial charge in [0.2, 0.25) is 0 Å². The van der Waals surface area contributed by atoms with Crippen LogP contribution in [0.25, 0.3) is 0 Å². The summed E-state index contributed by atoms with van der Waals surface area (Å²) in [7, 11) is 2.09. The summed E-state index contributed by atoms with van der Waals surface area (Å²) in [5, 5.41) is 3.52. The zero-order valence-electron chi connectivity index (χ0n) is 10.5. The van der Waals surface area contributed by atoms with Crippen LogP contribution in [0.4, 0.5) is 0 Å². The maximum Gasteiger partial charge on any atom is 0.0288 e. The molecule has 1 aliphatic heterocycles. The lowest BCUT2D eigenvalue weighted by Crippen LogP contribution is -2.45. The zero-order chi connectivity index (χ0) is 12.3. The van der Waals surface area contributed by atoms with Crippen LogP contribution in [-0.4, -0.2) is 23.6 Å². The van der Waals surface area contributed by atoms with E-state index in [0.29, 0.717) is 10.8 Å². The molecule has 2 atom stereocenters. The summed E-state index contributed by atoms with van der Waals surface area (Å²) in [6.07, 6.45) is 3.80. The van der Waals surface area contributed by atoms with E-state index in [1.807, 2.05) is 0 Å². The second kappa shape index (κ2) is 5.77. The largest absolute Gasteiger partial charge is 0.315 e. The molecule has 3 heteroatoms. The van der Waals surface area contributed by atoms with Gasteiger partial charge in [-0.25, -0.2) is 0 Å². The number of rotatable bonds is 4. The molecule has 1 aromatic carbocycles. The van der Waals surface area contributed by atoms with Crippen molar-refractivity contribution in [2.75, 3.05) is 12.8 Å². The third-order valence-corrected chi connectivity index (χ3v) is 5.80. The first-order chi connectivity index (χ1) is 8.14. The Morgan fingerprint density at radius 1 is 1.53 bits per heavy atom. The van der Waals surface area contributed by atoms with E-state index in [-0.39, 0.29) is 0 Å². The van der Waals surface area contributed by atoms with Crippen LogP contribution in [0.15, 0.2) is 28.7 Å². The van der Waals surface area contributed by atoms with Crippen molar-refractivity contribution < 1.29 is 0 Å². The molecule has 0 spiro atoms.